The van der Waals surface area contributed by atoms with Gasteiger partial charge in [-0.25, -0.2) is 4.68 Å². The minimum Gasteiger partial charge on any atom is -0.493 e. The first-order chi connectivity index (χ1) is 13.9. The molecule has 1 amide bonds. The third-order valence-corrected chi connectivity index (χ3v) is 4.88. The van der Waals surface area contributed by atoms with Crippen molar-refractivity contribution in [3.05, 3.63) is 68.9 Å². The molecule has 0 spiro atoms. The minimum atomic E-state index is -0.465. The highest BCUT2D eigenvalue weighted by Crippen LogP contribution is 2.31. The van der Waals surface area contributed by atoms with Crippen LogP contribution < -0.4 is 20.3 Å². The number of rotatable bonds is 6. The van der Waals surface area contributed by atoms with Crippen molar-refractivity contribution in [2.45, 2.75) is 6.54 Å². The second-order valence-electron chi connectivity index (χ2n) is 5.93. The Kier molecular flexibility index (Phi) is 6.41. The summed E-state index contributed by atoms with van der Waals surface area (Å²) in [5.74, 6) is 0.633. The van der Waals surface area contributed by atoms with E-state index in [2.05, 4.69) is 10.4 Å². The number of carbonyl (C=O) groups excluding carboxylic acids is 1. The zero-order chi connectivity index (χ0) is 21.0. The van der Waals surface area contributed by atoms with Crippen LogP contribution in [0, 0.1) is 0 Å². The van der Waals surface area contributed by atoms with Crippen LogP contribution in [-0.4, -0.2) is 29.9 Å². The molecule has 0 aliphatic heterocycles. The van der Waals surface area contributed by atoms with E-state index in [0.717, 1.165) is 4.68 Å². The quantitative estimate of drug-likeness (QED) is 0.637. The fraction of sp³-hybridized carbons (Fsp3) is 0.150. The summed E-state index contributed by atoms with van der Waals surface area (Å²) in [6.45, 7) is -0.289. The molecule has 0 aliphatic rings. The SMILES string of the molecule is COc1ccc(-c2ccc(=O)n(CC(=O)Nc3cccc(Cl)c3Cl)n2)cc1OC. The van der Waals surface area contributed by atoms with Crippen LogP contribution >= 0.6 is 23.2 Å². The first-order valence-electron chi connectivity index (χ1n) is 8.47. The van der Waals surface area contributed by atoms with Gasteiger partial charge in [-0.1, -0.05) is 29.3 Å². The summed E-state index contributed by atoms with van der Waals surface area (Å²) >= 11 is 12.0. The maximum atomic E-state index is 12.4. The van der Waals surface area contributed by atoms with E-state index in [1.54, 1.807) is 49.6 Å². The van der Waals surface area contributed by atoms with Gasteiger partial charge in [-0.2, -0.15) is 5.10 Å². The average Bonchev–Trinajstić information content (AvgIpc) is 2.72. The van der Waals surface area contributed by atoms with Crippen molar-refractivity contribution >= 4 is 34.8 Å². The highest BCUT2D eigenvalue weighted by molar-refractivity contribution is 6.43. The molecular formula is C20H17Cl2N3O4. The largest absolute Gasteiger partial charge is 0.493 e. The van der Waals surface area contributed by atoms with Gasteiger partial charge in [-0.05, 0) is 36.4 Å². The Hall–Kier alpha value is -3.03. The Balaban J connectivity index is 1.85. The summed E-state index contributed by atoms with van der Waals surface area (Å²) in [5, 5.41) is 7.45. The third kappa shape index (κ3) is 4.70. The van der Waals surface area contributed by atoms with Crippen LogP contribution in [0.25, 0.3) is 11.3 Å². The molecule has 1 aromatic heterocycles. The number of nitrogens with zero attached hydrogens (tertiary/aromatic N) is 2. The molecule has 0 fully saturated rings. The van der Waals surface area contributed by atoms with E-state index in [0.29, 0.717) is 33.5 Å². The Morgan fingerprint density at radius 3 is 2.55 bits per heavy atom. The summed E-state index contributed by atoms with van der Waals surface area (Å²) in [6, 6.07) is 13.1. The first kappa shape index (κ1) is 20.7. The van der Waals surface area contributed by atoms with Gasteiger partial charge >= 0.3 is 0 Å². The van der Waals surface area contributed by atoms with Crippen LogP contribution in [-0.2, 0) is 11.3 Å². The molecule has 2 aromatic carbocycles. The number of nitrogens with one attached hydrogen (secondary N) is 1. The van der Waals surface area contributed by atoms with E-state index in [9.17, 15) is 9.59 Å². The predicted molar refractivity (Wildman–Crippen MR) is 112 cm³/mol. The molecule has 0 unspecified atom stereocenters. The van der Waals surface area contributed by atoms with Crippen molar-refractivity contribution in [3.8, 4) is 22.8 Å². The standard InChI is InChI=1S/C20H17Cl2N3O4/c1-28-16-8-6-12(10-17(16)29-2)14-7-9-19(27)25(24-14)11-18(26)23-15-5-3-4-13(21)20(15)22/h3-10H,11H2,1-2H3,(H,23,26). The molecule has 1 N–H and O–H groups in total. The number of hydrogen-bond donors (Lipinski definition) is 1. The summed E-state index contributed by atoms with van der Waals surface area (Å²) in [6.07, 6.45) is 0. The van der Waals surface area contributed by atoms with Gasteiger partial charge in [0.15, 0.2) is 11.5 Å². The lowest BCUT2D eigenvalue weighted by Gasteiger charge is -2.11. The van der Waals surface area contributed by atoms with Crippen LogP contribution in [0.1, 0.15) is 0 Å². The van der Waals surface area contributed by atoms with Gasteiger partial charge in [0.2, 0.25) is 5.91 Å². The fourth-order valence-electron chi connectivity index (χ4n) is 2.64. The first-order valence-corrected chi connectivity index (χ1v) is 9.23. The normalized spacial score (nSPS) is 10.5. The van der Waals surface area contributed by atoms with Crippen LogP contribution in [0.3, 0.4) is 0 Å². The molecule has 0 saturated heterocycles. The molecule has 0 saturated carbocycles. The lowest BCUT2D eigenvalue weighted by molar-refractivity contribution is -0.117. The van der Waals surface area contributed by atoms with Gasteiger partial charge in [-0.3, -0.25) is 9.59 Å². The van der Waals surface area contributed by atoms with Crippen LogP contribution in [0.2, 0.25) is 10.0 Å². The molecule has 1 heterocycles. The maximum absolute atomic E-state index is 12.4. The Morgan fingerprint density at radius 1 is 1.07 bits per heavy atom. The van der Waals surface area contributed by atoms with Gasteiger partial charge in [0, 0.05) is 11.6 Å². The predicted octanol–water partition coefficient (Wildman–Crippen LogP) is 3.87. The topological polar surface area (TPSA) is 82.5 Å². The average molecular weight is 434 g/mol. The molecule has 29 heavy (non-hydrogen) atoms. The molecule has 0 bridgehead atoms. The van der Waals surface area contributed by atoms with E-state index in [1.807, 2.05) is 0 Å². The Morgan fingerprint density at radius 2 is 1.83 bits per heavy atom. The van der Waals surface area contributed by atoms with Crippen molar-refractivity contribution in [2.75, 3.05) is 19.5 Å². The van der Waals surface area contributed by atoms with Gasteiger partial charge in [-0.15, -0.1) is 0 Å². The third-order valence-electron chi connectivity index (χ3n) is 4.06. The van der Waals surface area contributed by atoms with Crippen molar-refractivity contribution in [2.24, 2.45) is 0 Å². The van der Waals surface area contributed by atoms with Crippen molar-refractivity contribution in [3.63, 3.8) is 0 Å². The second kappa shape index (κ2) is 8.98. The number of hydrogen-bond acceptors (Lipinski definition) is 5. The van der Waals surface area contributed by atoms with E-state index >= 15 is 0 Å². The van der Waals surface area contributed by atoms with E-state index in [-0.39, 0.29) is 11.6 Å². The smallest absolute Gasteiger partial charge is 0.267 e. The molecule has 0 aliphatic carbocycles. The summed E-state index contributed by atoms with van der Waals surface area (Å²) in [4.78, 5) is 24.5. The van der Waals surface area contributed by atoms with Crippen LogP contribution in [0.15, 0.2) is 53.3 Å². The zero-order valence-electron chi connectivity index (χ0n) is 15.6. The van der Waals surface area contributed by atoms with Crippen molar-refractivity contribution < 1.29 is 14.3 Å². The van der Waals surface area contributed by atoms with Gasteiger partial charge in [0.1, 0.15) is 6.54 Å². The molecule has 0 atom stereocenters. The molecule has 3 aromatic rings. The number of halogens is 2. The van der Waals surface area contributed by atoms with Gasteiger partial charge < -0.3 is 14.8 Å². The Bertz CT molecular complexity index is 1120. The molecule has 150 valence electrons. The number of benzene rings is 2. The maximum Gasteiger partial charge on any atom is 0.267 e. The number of carbonyl (C=O) groups is 1. The molecule has 0 radical (unpaired) electrons. The number of aromatic nitrogens is 2. The fourth-order valence-corrected chi connectivity index (χ4v) is 2.99. The molecule has 9 heteroatoms. The highest BCUT2D eigenvalue weighted by atomic mass is 35.5. The molecule has 7 nitrogen and oxygen atoms in total. The minimum absolute atomic E-state index is 0.224. The van der Waals surface area contributed by atoms with E-state index in [1.165, 1.54) is 13.2 Å². The van der Waals surface area contributed by atoms with Crippen molar-refractivity contribution in [1.29, 1.82) is 0 Å². The summed E-state index contributed by atoms with van der Waals surface area (Å²) in [5.41, 5.74) is 1.14. The van der Waals surface area contributed by atoms with Crippen LogP contribution in [0.4, 0.5) is 5.69 Å². The summed E-state index contributed by atoms with van der Waals surface area (Å²) in [7, 11) is 3.07. The molecular weight excluding hydrogens is 417 g/mol. The Labute approximate surface area is 176 Å². The van der Waals surface area contributed by atoms with Crippen molar-refractivity contribution in [1.82, 2.24) is 9.78 Å². The van der Waals surface area contributed by atoms with E-state index in [4.69, 9.17) is 32.7 Å². The van der Waals surface area contributed by atoms with Gasteiger partial charge in [0.25, 0.3) is 5.56 Å². The number of anilines is 1. The number of amides is 1. The molecule has 3 rings (SSSR count). The lowest BCUT2D eigenvalue weighted by atomic mass is 10.1. The lowest BCUT2D eigenvalue weighted by Crippen LogP contribution is -2.29. The number of ether oxygens (including phenoxy) is 2. The summed E-state index contributed by atoms with van der Waals surface area (Å²) < 4.78 is 11.6. The highest BCUT2D eigenvalue weighted by Gasteiger charge is 2.12. The second-order valence-corrected chi connectivity index (χ2v) is 6.72. The van der Waals surface area contributed by atoms with E-state index < -0.39 is 11.5 Å². The number of methoxy groups -OCH3 is 2. The zero-order valence-corrected chi connectivity index (χ0v) is 17.1. The van der Waals surface area contributed by atoms with Gasteiger partial charge in [0.05, 0.1) is 35.6 Å². The monoisotopic (exact) mass is 433 g/mol. The van der Waals surface area contributed by atoms with Crippen LogP contribution in [0.5, 0.6) is 11.5 Å².